The van der Waals surface area contributed by atoms with E-state index in [2.05, 4.69) is 15.0 Å². The predicted octanol–water partition coefficient (Wildman–Crippen LogP) is 3.79. The van der Waals surface area contributed by atoms with E-state index in [0.717, 1.165) is 17.4 Å². The Bertz CT molecular complexity index is 1410. The van der Waals surface area contributed by atoms with E-state index in [4.69, 9.17) is 0 Å². The zero-order valence-corrected chi connectivity index (χ0v) is 19.0. The molecule has 0 aliphatic carbocycles. The van der Waals surface area contributed by atoms with Crippen LogP contribution in [0.15, 0.2) is 66.9 Å². The quantitative estimate of drug-likeness (QED) is 0.433. The van der Waals surface area contributed by atoms with Gasteiger partial charge in [-0.15, -0.1) is 0 Å². The van der Waals surface area contributed by atoms with Crippen molar-refractivity contribution in [1.29, 1.82) is 0 Å². The Kier molecular flexibility index (Phi) is 6.26. The zero-order valence-electron chi connectivity index (χ0n) is 18.2. The molecule has 0 aliphatic rings. The highest BCUT2D eigenvalue weighted by Crippen LogP contribution is 2.29. The Hall–Kier alpha value is -3.56. The van der Waals surface area contributed by atoms with Gasteiger partial charge in [0.25, 0.3) is 5.91 Å². The predicted molar refractivity (Wildman–Crippen MR) is 126 cm³/mol. The summed E-state index contributed by atoms with van der Waals surface area (Å²) in [5.41, 5.74) is 4.26. The van der Waals surface area contributed by atoms with Crippen molar-refractivity contribution in [2.75, 3.05) is 18.1 Å². The molecule has 4 rings (SSSR count). The highest BCUT2D eigenvalue weighted by molar-refractivity contribution is 7.88. The monoisotopic (exact) mass is 466 g/mol. The average molecular weight is 467 g/mol. The van der Waals surface area contributed by atoms with Gasteiger partial charge in [0.15, 0.2) is 0 Å². The molecule has 0 fully saturated rings. The number of sulfonamides is 1. The number of aryl methyl sites for hydroxylation is 1. The standard InChI is InChI=1S/C24H23FN4O3S/c1-16-12-14-29-21(15-16)27-22(18-7-9-20(25)10-8-18)23(29)28-24(30)19-5-3-17(4-6-19)11-13-26-33(2,31)32/h3-10,12,14-15,26H,11,13H2,1-2H3,(H,28,30). The highest BCUT2D eigenvalue weighted by atomic mass is 32.2. The van der Waals surface area contributed by atoms with Crippen molar-refractivity contribution in [3.63, 3.8) is 0 Å². The molecule has 2 aromatic heterocycles. The van der Waals surface area contributed by atoms with Crippen LogP contribution in [0.4, 0.5) is 10.2 Å². The van der Waals surface area contributed by atoms with Gasteiger partial charge in [-0.3, -0.25) is 9.20 Å². The second-order valence-electron chi connectivity index (χ2n) is 7.82. The van der Waals surface area contributed by atoms with Crippen molar-refractivity contribution >= 4 is 27.4 Å². The summed E-state index contributed by atoms with van der Waals surface area (Å²) in [6.45, 7) is 2.24. The van der Waals surface area contributed by atoms with Crippen LogP contribution in [0.3, 0.4) is 0 Å². The number of pyridine rings is 1. The number of rotatable bonds is 7. The van der Waals surface area contributed by atoms with E-state index in [-0.39, 0.29) is 18.3 Å². The number of hydrogen-bond donors (Lipinski definition) is 2. The van der Waals surface area contributed by atoms with Gasteiger partial charge in [-0.25, -0.2) is 22.5 Å². The number of aromatic nitrogens is 2. The Morgan fingerprint density at radius 3 is 2.42 bits per heavy atom. The summed E-state index contributed by atoms with van der Waals surface area (Å²) in [6.07, 6.45) is 3.45. The molecule has 0 unspecified atom stereocenters. The molecule has 0 bridgehead atoms. The second-order valence-corrected chi connectivity index (χ2v) is 9.65. The van der Waals surface area contributed by atoms with E-state index < -0.39 is 10.0 Å². The van der Waals surface area contributed by atoms with Crippen molar-refractivity contribution in [2.24, 2.45) is 0 Å². The zero-order chi connectivity index (χ0) is 23.6. The third-order valence-corrected chi connectivity index (χ3v) is 5.85. The molecule has 9 heteroatoms. The number of carbonyl (C=O) groups is 1. The first kappa shape index (κ1) is 22.6. The summed E-state index contributed by atoms with van der Waals surface area (Å²) < 4.78 is 40.0. The number of carbonyl (C=O) groups excluding carboxylic acids is 1. The van der Waals surface area contributed by atoms with E-state index >= 15 is 0 Å². The molecule has 2 N–H and O–H groups in total. The summed E-state index contributed by atoms with van der Waals surface area (Å²) in [7, 11) is -3.24. The second kappa shape index (κ2) is 9.13. The third kappa shape index (κ3) is 5.44. The number of fused-ring (bicyclic) bond motifs is 1. The number of imidazole rings is 1. The van der Waals surface area contributed by atoms with Gasteiger partial charge in [0, 0.05) is 23.9 Å². The van der Waals surface area contributed by atoms with Crippen LogP contribution >= 0.6 is 0 Å². The molecule has 170 valence electrons. The highest BCUT2D eigenvalue weighted by Gasteiger charge is 2.17. The number of benzene rings is 2. The fraction of sp³-hybridized carbons (Fsp3) is 0.167. The minimum atomic E-state index is -3.24. The molecular weight excluding hydrogens is 443 g/mol. The van der Waals surface area contributed by atoms with Crippen molar-refractivity contribution in [3.8, 4) is 11.3 Å². The van der Waals surface area contributed by atoms with Gasteiger partial charge in [0.2, 0.25) is 10.0 Å². The number of anilines is 1. The lowest BCUT2D eigenvalue weighted by atomic mass is 10.1. The first-order chi connectivity index (χ1) is 15.7. The molecule has 1 amide bonds. The van der Waals surface area contributed by atoms with Crippen molar-refractivity contribution < 1.29 is 17.6 Å². The van der Waals surface area contributed by atoms with Crippen molar-refractivity contribution in [2.45, 2.75) is 13.3 Å². The van der Waals surface area contributed by atoms with Crippen LogP contribution in [-0.2, 0) is 16.4 Å². The lowest BCUT2D eigenvalue weighted by Crippen LogP contribution is -2.24. The Labute approximate surface area is 191 Å². The molecular formula is C24H23FN4O3S. The lowest BCUT2D eigenvalue weighted by Gasteiger charge is -2.09. The normalized spacial score (nSPS) is 11.6. The van der Waals surface area contributed by atoms with E-state index in [0.29, 0.717) is 34.7 Å². The van der Waals surface area contributed by atoms with Crippen LogP contribution in [0, 0.1) is 12.7 Å². The third-order valence-electron chi connectivity index (χ3n) is 5.13. The lowest BCUT2D eigenvalue weighted by molar-refractivity contribution is 0.102. The Balaban J connectivity index is 1.59. The van der Waals surface area contributed by atoms with Crippen LogP contribution in [0.25, 0.3) is 16.9 Å². The van der Waals surface area contributed by atoms with Crippen LogP contribution in [0.1, 0.15) is 21.5 Å². The summed E-state index contributed by atoms with van der Waals surface area (Å²) >= 11 is 0. The van der Waals surface area contributed by atoms with Crippen molar-refractivity contribution in [1.82, 2.24) is 14.1 Å². The topological polar surface area (TPSA) is 92.6 Å². The smallest absolute Gasteiger partial charge is 0.256 e. The largest absolute Gasteiger partial charge is 0.306 e. The molecule has 33 heavy (non-hydrogen) atoms. The number of hydrogen-bond acceptors (Lipinski definition) is 4. The molecule has 0 atom stereocenters. The van der Waals surface area contributed by atoms with E-state index in [1.165, 1.54) is 12.1 Å². The van der Waals surface area contributed by atoms with Gasteiger partial charge in [-0.2, -0.15) is 0 Å². The maximum Gasteiger partial charge on any atom is 0.256 e. The fourth-order valence-corrected chi connectivity index (χ4v) is 3.93. The molecule has 0 radical (unpaired) electrons. The first-order valence-electron chi connectivity index (χ1n) is 10.3. The van der Waals surface area contributed by atoms with E-state index in [1.807, 2.05) is 25.3 Å². The minimum absolute atomic E-state index is 0.284. The maximum atomic E-state index is 13.4. The maximum absolute atomic E-state index is 13.4. The summed E-state index contributed by atoms with van der Waals surface area (Å²) in [4.78, 5) is 17.7. The molecule has 4 aromatic rings. The molecule has 2 heterocycles. The van der Waals surface area contributed by atoms with Crippen LogP contribution < -0.4 is 10.0 Å². The van der Waals surface area contributed by atoms with Gasteiger partial charge in [0.05, 0.1) is 6.26 Å². The molecule has 7 nitrogen and oxygen atoms in total. The van der Waals surface area contributed by atoms with Gasteiger partial charge in [0.1, 0.15) is 23.0 Å². The van der Waals surface area contributed by atoms with E-state index in [9.17, 15) is 17.6 Å². The molecule has 2 aromatic carbocycles. The minimum Gasteiger partial charge on any atom is -0.306 e. The molecule has 0 spiro atoms. The number of nitrogens with one attached hydrogen (secondary N) is 2. The Morgan fingerprint density at radius 1 is 1.06 bits per heavy atom. The number of halogens is 1. The van der Waals surface area contributed by atoms with Crippen LogP contribution in [0.5, 0.6) is 0 Å². The number of amides is 1. The summed E-state index contributed by atoms with van der Waals surface area (Å²) in [5.74, 6) is -0.180. The van der Waals surface area contributed by atoms with Gasteiger partial charge >= 0.3 is 0 Å². The molecule has 0 saturated heterocycles. The molecule has 0 saturated carbocycles. The van der Waals surface area contributed by atoms with Gasteiger partial charge in [-0.1, -0.05) is 12.1 Å². The van der Waals surface area contributed by atoms with Crippen LogP contribution in [-0.4, -0.2) is 36.5 Å². The van der Waals surface area contributed by atoms with Crippen LogP contribution in [0.2, 0.25) is 0 Å². The summed E-state index contributed by atoms with van der Waals surface area (Å²) in [6, 6.07) is 16.7. The van der Waals surface area contributed by atoms with Crippen molar-refractivity contribution in [3.05, 3.63) is 89.4 Å². The first-order valence-corrected chi connectivity index (χ1v) is 12.2. The average Bonchev–Trinajstić information content (AvgIpc) is 3.11. The number of nitrogens with zero attached hydrogens (tertiary/aromatic N) is 2. The Morgan fingerprint density at radius 2 is 1.76 bits per heavy atom. The van der Waals surface area contributed by atoms with E-state index in [1.54, 1.807) is 40.8 Å². The fourth-order valence-electron chi connectivity index (χ4n) is 3.46. The van der Waals surface area contributed by atoms with Gasteiger partial charge < -0.3 is 5.32 Å². The van der Waals surface area contributed by atoms with Gasteiger partial charge in [-0.05, 0) is 73.0 Å². The molecule has 0 aliphatic heterocycles. The SMILES string of the molecule is Cc1ccn2c(NC(=O)c3ccc(CCNS(C)(=O)=O)cc3)c(-c3ccc(F)cc3)nc2c1. The summed E-state index contributed by atoms with van der Waals surface area (Å²) in [5, 5.41) is 2.94.